The van der Waals surface area contributed by atoms with Gasteiger partial charge >= 0.3 is 6.18 Å². The van der Waals surface area contributed by atoms with Crippen LogP contribution in [0, 0.1) is 0 Å². The molecule has 2 aromatic carbocycles. The summed E-state index contributed by atoms with van der Waals surface area (Å²) in [6.45, 7) is 1.39. The van der Waals surface area contributed by atoms with E-state index in [1.165, 1.54) is 37.3 Å². The van der Waals surface area contributed by atoms with Gasteiger partial charge in [-0.2, -0.15) is 22.5 Å². The number of nitrogens with one attached hydrogen (secondary N) is 2. The van der Waals surface area contributed by atoms with Crippen LogP contribution >= 0.6 is 11.6 Å². The molecule has 176 valence electrons. The van der Waals surface area contributed by atoms with Gasteiger partial charge in [0.2, 0.25) is 21.9 Å². The molecule has 2 heterocycles. The Kier molecular flexibility index (Phi) is 5.55. The fourth-order valence-electron chi connectivity index (χ4n) is 3.48. The van der Waals surface area contributed by atoms with Crippen LogP contribution in [0.2, 0.25) is 5.02 Å². The van der Waals surface area contributed by atoms with Gasteiger partial charge in [0.25, 0.3) is 0 Å². The van der Waals surface area contributed by atoms with Crippen LogP contribution in [0.15, 0.2) is 41.3 Å². The van der Waals surface area contributed by atoms with Crippen molar-refractivity contribution in [3.63, 3.8) is 0 Å². The number of aromatic nitrogens is 3. The summed E-state index contributed by atoms with van der Waals surface area (Å²) in [5.74, 6) is -0.0582. The molecule has 0 amide bonds. The molecule has 1 aromatic heterocycles. The molecule has 0 aliphatic carbocycles. The van der Waals surface area contributed by atoms with E-state index < -0.39 is 27.4 Å². The van der Waals surface area contributed by atoms with Gasteiger partial charge in [0.15, 0.2) is 0 Å². The van der Waals surface area contributed by atoms with E-state index in [1.54, 1.807) is 0 Å². The first-order chi connectivity index (χ1) is 15.3. The molecule has 1 saturated heterocycles. The number of β-amino-alcohol motifs (C(OH)–C–C–N with tert-alkyl or cyclic N) is 1. The smallest absolute Gasteiger partial charge is 0.387 e. The number of sulfonamides is 1. The zero-order valence-corrected chi connectivity index (χ0v) is 18.6. The third-order valence-electron chi connectivity index (χ3n) is 4.97. The Morgan fingerprint density at radius 2 is 1.88 bits per heavy atom. The van der Waals surface area contributed by atoms with E-state index >= 15 is 0 Å². The maximum Gasteiger partial charge on any atom is 0.417 e. The number of alkyl halides is 3. The highest BCUT2D eigenvalue weighted by atomic mass is 35.5. The average molecular weight is 503 g/mol. The molecule has 1 aliphatic heterocycles. The van der Waals surface area contributed by atoms with E-state index in [2.05, 4.69) is 20.5 Å². The second-order valence-electron chi connectivity index (χ2n) is 7.84. The van der Waals surface area contributed by atoms with Crippen molar-refractivity contribution in [3.8, 4) is 11.1 Å². The molecule has 3 aromatic rings. The zero-order chi connectivity index (χ0) is 24.2. The average Bonchev–Trinajstić information content (AvgIpc) is 3.09. The maximum absolute atomic E-state index is 13.9. The lowest BCUT2D eigenvalue weighted by molar-refractivity contribution is -0.137. The predicted octanol–water partition coefficient (Wildman–Crippen LogP) is 3.23. The molecular weight excluding hydrogens is 485 g/mol. The number of nitrogens with zero attached hydrogens (tertiary/aromatic N) is 3. The Labute approximate surface area is 191 Å². The van der Waals surface area contributed by atoms with E-state index in [4.69, 9.17) is 17.3 Å². The Bertz CT molecular complexity index is 1300. The van der Waals surface area contributed by atoms with Gasteiger partial charge in [-0.05, 0) is 36.8 Å². The number of benzene rings is 2. The van der Waals surface area contributed by atoms with Gasteiger partial charge in [-0.3, -0.25) is 0 Å². The number of H-pyrrole nitrogens is 1. The van der Waals surface area contributed by atoms with E-state index in [-0.39, 0.29) is 51.7 Å². The van der Waals surface area contributed by atoms with E-state index in [0.717, 1.165) is 10.4 Å². The molecule has 0 atom stereocenters. The van der Waals surface area contributed by atoms with Crippen LogP contribution in [0.1, 0.15) is 12.5 Å². The summed E-state index contributed by atoms with van der Waals surface area (Å²) in [7, 11) is -3.88. The number of aliphatic hydroxyl groups is 1. The number of nitrogens with two attached hydrogens (primary N) is 1. The Balaban J connectivity index is 1.69. The molecule has 0 unspecified atom stereocenters. The maximum atomic E-state index is 13.9. The van der Waals surface area contributed by atoms with Gasteiger partial charge in [-0.1, -0.05) is 23.7 Å². The van der Waals surface area contributed by atoms with Crippen molar-refractivity contribution in [2.75, 3.05) is 24.1 Å². The summed E-state index contributed by atoms with van der Waals surface area (Å²) in [6, 6.07) is 7.04. The minimum absolute atomic E-state index is 0.0147. The van der Waals surface area contributed by atoms with E-state index in [0.29, 0.717) is 0 Å². The van der Waals surface area contributed by atoms with E-state index in [1.807, 2.05) is 0 Å². The fraction of sp³-hybridized carbons (Fsp3) is 0.263. The highest BCUT2D eigenvalue weighted by molar-refractivity contribution is 7.89. The van der Waals surface area contributed by atoms with Crippen molar-refractivity contribution >= 4 is 39.2 Å². The fourth-order valence-corrected chi connectivity index (χ4v) is 5.48. The van der Waals surface area contributed by atoms with Gasteiger partial charge < -0.3 is 16.2 Å². The second kappa shape index (κ2) is 7.87. The second-order valence-corrected chi connectivity index (χ2v) is 10.2. The monoisotopic (exact) mass is 502 g/mol. The summed E-state index contributed by atoms with van der Waals surface area (Å²) >= 11 is 6.22. The number of nitrogen functional groups attached to an aromatic ring is 1. The minimum atomic E-state index is -4.76. The van der Waals surface area contributed by atoms with Gasteiger partial charge in [-0.15, -0.1) is 5.10 Å². The first-order valence-corrected chi connectivity index (χ1v) is 11.3. The Hall–Kier alpha value is -2.87. The lowest BCUT2D eigenvalue weighted by Crippen LogP contribution is -2.61. The number of halogens is 4. The molecular formula is C19H18ClF3N6O3S. The van der Waals surface area contributed by atoms with Crippen LogP contribution in [0.4, 0.5) is 30.8 Å². The van der Waals surface area contributed by atoms with Crippen LogP contribution in [-0.4, -0.2) is 51.7 Å². The summed E-state index contributed by atoms with van der Waals surface area (Å²) in [4.78, 5) is 3.67. The van der Waals surface area contributed by atoms with Crippen molar-refractivity contribution in [1.82, 2.24) is 19.5 Å². The molecule has 1 aliphatic rings. The molecule has 1 fully saturated rings. The van der Waals surface area contributed by atoms with Gasteiger partial charge in [-0.25, -0.2) is 13.5 Å². The Morgan fingerprint density at radius 1 is 1.24 bits per heavy atom. The number of hydrogen-bond donors (Lipinski definition) is 4. The lowest BCUT2D eigenvalue weighted by Gasteiger charge is -2.42. The lowest BCUT2D eigenvalue weighted by atomic mass is 9.98. The molecule has 4 rings (SSSR count). The third-order valence-corrected chi connectivity index (χ3v) is 7.07. The van der Waals surface area contributed by atoms with Gasteiger partial charge in [0.05, 0.1) is 21.1 Å². The van der Waals surface area contributed by atoms with Crippen LogP contribution in [-0.2, 0) is 16.2 Å². The molecule has 14 heteroatoms. The largest absolute Gasteiger partial charge is 0.417 e. The molecule has 0 bridgehead atoms. The van der Waals surface area contributed by atoms with Crippen molar-refractivity contribution in [2.45, 2.75) is 23.6 Å². The quantitative estimate of drug-likeness (QED) is 0.420. The normalized spacial score (nSPS) is 16.4. The van der Waals surface area contributed by atoms with Gasteiger partial charge in [0, 0.05) is 24.3 Å². The molecule has 33 heavy (non-hydrogen) atoms. The van der Waals surface area contributed by atoms with Crippen molar-refractivity contribution < 1.29 is 26.7 Å². The number of hydrogen-bond acceptors (Lipinski definition) is 7. The minimum Gasteiger partial charge on any atom is -0.387 e. The number of anilines is 3. The third kappa shape index (κ3) is 4.62. The molecule has 0 spiro atoms. The zero-order valence-electron chi connectivity index (χ0n) is 17.0. The topological polar surface area (TPSA) is 137 Å². The summed E-state index contributed by atoms with van der Waals surface area (Å²) in [6.07, 6.45) is -4.76. The van der Waals surface area contributed by atoms with E-state index in [9.17, 15) is 26.7 Å². The molecule has 0 radical (unpaired) electrons. The van der Waals surface area contributed by atoms with Crippen LogP contribution in [0.25, 0.3) is 11.1 Å². The summed E-state index contributed by atoms with van der Waals surface area (Å²) in [5, 5.41) is 18.2. The van der Waals surface area contributed by atoms with Gasteiger partial charge in [0.1, 0.15) is 0 Å². The Morgan fingerprint density at radius 3 is 2.39 bits per heavy atom. The first-order valence-electron chi connectivity index (χ1n) is 9.45. The molecule has 0 saturated carbocycles. The molecule has 9 nitrogen and oxygen atoms in total. The highest BCUT2D eigenvalue weighted by Crippen LogP contribution is 2.43. The standard InChI is InChI=1S/C19H18ClF3N6O3S/c1-18(30)8-29(9-18)33(31,32)12-4-2-10(3-5-12)15-13(19(21,22)23)6-11(7-14(15)20)25-17-26-16(24)27-28-17/h2-7,30H,8-9H2,1H3,(H4,24,25,26,27,28). The predicted molar refractivity (Wildman–Crippen MR) is 115 cm³/mol. The van der Waals surface area contributed by atoms with Crippen LogP contribution < -0.4 is 11.1 Å². The molecule has 5 N–H and O–H groups in total. The number of aromatic amines is 1. The van der Waals surface area contributed by atoms with Crippen LogP contribution in [0.3, 0.4) is 0 Å². The van der Waals surface area contributed by atoms with Crippen molar-refractivity contribution in [1.29, 1.82) is 0 Å². The van der Waals surface area contributed by atoms with Crippen LogP contribution in [0.5, 0.6) is 0 Å². The SMILES string of the molecule is CC1(O)CN(S(=O)(=O)c2ccc(-c3c(Cl)cc(Nc4n[nH]c(N)n4)cc3C(F)(F)F)cc2)C1. The summed E-state index contributed by atoms with van der Waals surface area (Å²) in [5.41, 5.74) is 3.04. The summed E-state index contributed by atoms with van der Waals surface area (Å²) < 4.78 is 68.0. The van der Waals surface area contributed by atoms with Crippen molar-refractivity contribution in [3.05, 3.63) is 47.0 Å². The number of rotatable bonds is 5. The van der Waals surface area contributed by atoms with Crippen molar-refractivity contribution in [2.24, 2.45) is 0 Å². The highest BCUT2D eigenvalue weighted by Gasteiger charge is 2.44. The first kappa shape index (κ1) is 23.3.